The molecule has 0 saturated heterocycles. The smallest absolute Gasteiger partial charge is 0.253 e. The van der Waals surface area contributed by atoms with Gasteiger partial charge in [-0.2, -0.15) is 0 Å². The average molecular weight is 278 g/mol. The van der Waals surface area contributed by atoms with Crippen LogP contribution >= 0.6 is 22.9 Å². The van der Waals surface area contributed by atoms with Crippen LogP contribution in [0.3, 0.4) is 0 Å². The highest BCUT2D eigenvalue weighted by Crippen LogP contribution is 2.30. The summed E-state index contributed by atoms with van der Waals surface area (Å²) in [6, 6.07) is 5.16. The highest BCUT2D eigenvalue weighted by molar-refractivity contribution is 7.19. The SMILES string of the molecule is O=c1ccncn1Cc1cc2nccc(Cl)c2s1. The molecular formula is C12H8ClN3OS. The summed E-state index contributed by atoms with van der Waals surface area (Å²) in [7, 11) is 0. The van der Waals surface area contributed by atoms with E-state index in [1.165, 1.54) is 18.6 Å². The van der Waals surface area contributed by atoms with Gasteiger partial charge in [0.2, 0.25) is 0 Å². The minimum Gasteiger partial charge on any atom is -0.294 e. The van der Waals surface area contributed by atoms with Gasteiger partial charge in [-0.1, -0.05) is 11.6 Å². The van der Waals surface area contributed by atoms with E-state index in [1.807, 2.05) is 6.07 Å². The molecule has 0 aliphatic carbocycles. The summed E-state index contributed by atoms with van der Waals surface area (Å²) < 4.78 is 2.50. The van der Waals surface area contributed by atoms with E-state index in [9.17, 15) is 4.79 Å². The van der Waals surface area contributed by atoms with Crippen molar-refractivity contribution in [1.82, 2.24) is 14.5 Å². The van der Waals surface area contributed by atoms with Gasteiger partial charge in [0.1, 0.15) is 0 Å². The summed E-state index contributed by atoms with van der Waals surface area (Å²) in [6.07, 6.45) is 4.70. The van der Waals surface area contributed by atoms with E-state index in [0.29, 0.717) is 11.6 Å². The minimum atomic E-state index is -0.0680. The topological polar surface area (TPSA) is 47.8 Å². The van der Waals surface area contributed by atoms with E-state index in [4.69, 9.17) is 11.6 Å². The first-order valence-electron chi connectivity index (χ1n) is 5.27. The Hall–Kier alpha value is -1.72. The molecule has 0 N–H and O–H groups in total. The van der Waals surface area contributed by atoms with Gasteiger partial charge in [-0.05, 0) is 12.1 Å². The lowest BCUT2D eigenvalue weighted by atomic mass is 10.3. The van der Waals surface area contributed by atoms with Gasteiger partial charge in [0.15, 0.2) is 0 Å². The van der Waals surface area contributed by atoms with E-state index in [2.05, 4.69) is 9.97 Å². The van der Waals surface area contributed by atoms with Crippen LogP contribution in [0.25, 0.3) is 10.2 Å². The number of aromatic nitrogens is 3. The second kappa shape index (κ2) is 4.51. The number of rotatable bonds is 2. The fourth-order valence-electron chi connectivity index (χ4n) is 1.70. The average Bonchev–Trinajstić information content (AvgIpc) is 2.76. The van der Waals surface area contributed by atoms with Gasteiger partial charge < -0.3 is 0 Å². The molecule has 90 valence electrons. The van der Waals surface area contributed by atoms with Crippen molar-refractivity contribution < 1.29 is 0 Å². The lowest BCUT2D eigenvalue weighted by Gasteiger charge is -2.00. The standard InChI is InChI=1S/C12H8ClN3OS/c13-9-1-4-15-10-5-8(18-12(9)10)6-16-7-14-3-2-11(16)17/h1-5,7H,6H2. The van der Waals surface area contributed by atoms with Gasteiger partial charge in [0, 0.05) is 23.3 Å². The number of nitrogens with zero attached hydrogens (tertiary/aromatic N) is 3. The number of hydrogen-bond acceptors (Lipinski definition) is 4. The van der Waals surface area contributed by atoms with Crippen LogP contribution in [0.4, 0.5) is 0 Å². The summed E-state index contributed by atoms with van der Waals surface area (Å²) in [4.78, 5) is 20.8. The maximum absolute atomic E-state index is 11.6. The third-order valence-corrected chi connectivity index (χ3v) is 4.10. The van der Waals surface area contributed by atoms with E-state index in [1.54, 1.807) is 28.2 Å². The molecule has 0 aliphatic rings. The maximum Gasteiger partial charge on any atom is 0.253 e. The summed E-state index contributed by atoms with van der Waals surface area (Å²) >= 11 is 7.64. The van der Waals surface area contributed by atoms with Gasteiger partial charge in [-0.25, -0.2) is 4.98 Å². The summed E-state index contributed by atoms with van der Waals surface area (Å²) in [5.41, 5.74) is 0.793. The van der Waals surface area contributed by atoms with E-state index in [0.717, 1.165) is 15.1 Å². The Balaban J connectivity index is 2.04. The zero-order valence-electron chi connectivity index (χ0n) is 9.21. The molecule has 18 heavy (non-hydrogen) atoms. The van der Waals surface area contributed by atoms with E-state index >= 15 is 0 Å². The van der Waals surface area contributed by atoms with Crippen LogP contribution in [-0.4, -0.2) is 14.5 Å². The third kappa shape index (κ3) is 2.02. The predicted molar refractivity (Wildman–Crippen MR) is 72.2 cm³/mol. The second-order valence-electron chi connectivity index (χ2n) is 3.77. The lowest BCUT2D eigenvalue weighted by Crippen LogP contribution is -2.18. The molecule has 3 rings (SSSR count). The Kier molecular flexibility index (Phi) is 2.85. The van der Waals surface area contributed by atoms with Crippen molar-refractivity contribution in [3.63, 3.8) is 0 Å². The number of fused-ring (bicyclic) bond motifs is 1. The van der Waals surface area contributed by atoms with Crippen molar-refractivity contribution in [1.29, 1.82) is 0 Å². The first kappa shape index (κ1) is 11.4. The van der Waals surface area contributed by atoms with Crippen LogP contribution in [0.2, 0.25) is 5.02 Å². The zero-order valence-corrected chi connectivity index (χ0v) is 10.8. The van der Waals surface area contributed by atoms with Crippen LogP contribution < -0.4 is 5.56 Å². The van der Waals surface area contributed by atoms with Crippen LogP contribution in [0.1, 0.15) is 4.88 Å². The van der Waals surface area contributed by atoms with Crippen LogP contribution in [0.15, 0.2) is 41.7 Å². The molecular weight excluding hydrogens is 270 g/mol. The Labute approximate surface area is 112 Å². The monoisotopic (exact) mass is 277 g/mol. The molecule has 0 radical (unpaired) electrons. The van der Waals surface area contributed by atoms with Crippen molar-refractivity contribution in [3.8, 4) is 0 Å². The molecule has 6 heteroatoms. The number of hydrogen-bond donors (Lipinski definition) is 0. The molecule has 3 aromatic rings. The largest absolute Gasteiger partial charge is 0.294 e. The molecule has 0 unspecified atom stereocenters. The molecule has 3 heterocycles. The van der Waals surface area contributed by atoms with E-state index in [-0.39, 0.29) is 5.56 Å². The zero-order chi connectivity index (χ0) is 12.5. The van der Waals surface area contributed by atoms with Crippen molar-refractivity contribution >= 4 is 33.2 Å². The van der Waals surface area contributed by atoms with Gasteiger partial charge >= 0.3 is 0 Å². The summed E-state index contributed by atoms with van der Waals surface area (Å²) in [6.45, 7) is 0.490. The van der Waals surface area contributed by atoms with Crippen LogP contribution in [0.5, 0.6) is 0 Å². The first-order valence-corrected chi connectivity index (χ1v) is 6.47. The molecule has 0 atom stereocenters. The highest BCUT2D eigenvalue weighted by atomic mass is 35.5. The molecule has 0 fully saturated rings. The normalized spacial score (nSPS) is 10.9. The van der Waals surface area contributed by atoms with Crippen molar-refractivity contribution in [3.05, 3.63) is 57.2 Å². The number of halogens is 1. The molecule has 0 amide bonds. The minimum absolute atomic E-state index is 0.0680. The summed E-state index contributed by atoms with van der Waals surface area (Å²) in [5, 5.41) is 0.690. The van der Waals surface area contributed by atoms with Crippen LogP contribution in [0, 0.1) is 0 Å². The first-order chi connectivity index (χ1) is 8.74. The Morgan fingerprint density at radius 1 is 1.33 bits per heavy atom. The van der Waals surface area contributed by atoms with Gasteiger partial charge in [0.25, 0.3) is 5.56 Å². The molecule has 0 spiro atoms. The molecule has 0 aromatic carbocycles. The van der Waals surface area contributed by atoms with E-state index < -0.39 is 0 Å². The van der Waals surface area contributed by atoms with Crippen LogP contribution in [-0.2, 0) is 6.54 Å². The molecule has 0 saturated carbocycles. The Morgan fingerprint density at radius 3 is 3.00 bits per heavy atom. The lowest BCUT2D eigenvalue weighted by molar-refractivity contribution is 0.745. The quantitative estimate of drug-likeness (QED) is 0.723. The molecule has 0 bridgehead atoms. The van der Waals surface area contributed by atoms with Gasteiger partial charge in [-0.15, -0.1) is 11.3 Å². The third-order valence-electron chi connectivity index (χ3n) is 2.53. The molecule has 4 nitrogen and oxygen atoms in total. The molecule has 3 aromatic heterocycles. The predicted octanol–water partition coefficient (Wildman–Crippen LogP) is 2.55. The Bertz CT molecular complexity index is 765. The van der Waals surface area contributed by atoms with Gasteiger partial charge in [0.05, 0.1) is 28.1 Å². The summed E-state index contributed by atoms with van der Waals surface area (Å²) in [5.74, 6) is 0. The number of pyridine rings is 1. The maximum atomic E-state index is 11.6. The fourth-order valence-corrected chi connectivity index (χ4v) is 2.99. The highest BCUT2D eigenvalue weighted by Gasteiger charge is 2.07. The van der Waals surface area contributed by atoms with Crippen molar-refractivity contribution in [2.24, 2.45) is 0 Å². The fraction of sp³-hybridized carbons (Fsp3) is 0.0833. The van der Waals surface area contributed by atoms with Crippen molar-refractivity contribution in [2.75, 3.05) is 0 Å². The second-order valence-corrected chi connectivity index (χ2v) is 5.31. The molecule has 0 aliphatic heterocycles. The van der Waals surface area contributed by atoms with Gasteiger partial charge in [-0.3, -0.25) is 14.3 Å². The van der Waals surface area contributed by atoms with Crippen molar-refractivity contribution in [2.45, 2.75) is 6.54 Å². The number of thiophene rings is 1. The Morgan fingerprint density at radius 2 is 2.22 bits per heavy atom.